The van der Waals surface area contributed by atoms with Crippen LogP contribution in [0.1, 0.15) is 62.8 Å². The molecule has 2 aliphatic carbocycles. The molecule has 21 heteroatoms. The summed E-state index contributed by atoms with van der Waals surface area (Å²) in [5, 5.41) is 8.52. The summed E-state index contributed by atoms with van der Waals surface area (Å²) < 4.78 is 37.7. The zero-order chi connectivity index (χ0) is 46.8. The van der Waals surface area contributed by atoms with Crippen molar-refractivity contribution >= 4 is 187 Å². The molecule has 0 aromatic heterocycles. The van der Waals surface area contributed by atoms with Crippen LogP contribution in [0.4, 0.5) is 0 Å². The van der Waals surface area contributed by atoms with E-state index < -0.39 is 54.8 Å². The molecule has 0 N–H and O–H groups in total. The van der Waals surface area contributed by atoms with Gasteiger partial charge < -0.3 is 7.43 Å². The van der Waals surface area contributed by atoms with Crippen LogP contribution in [0.15, 0.2) is 110 Å². The van der Waals surface area contributed by atoms with Gasteiger partial charge in [-0.05, 0) is 80.8 Å². The van der Waals surface area contributed by atoms with Crippen LogP contribution in [0, 0.1) is 7.43 Å². The molecular weight excluding hydrogens is 1610 g/mol. The van der Waals surface area contributed by atoms with Gasteiger partial charge in [0.15, 0.2) is 0 Å². The SMILES string of the molecule is Brc1cc2ccc3cc(Br)cc4ccc(c1)c2c34.C.CC.CC.CC.CC.O=c1c(=O)c2cc(Br)cc3c2-c2c1cc(Br)cc2c(=O)c3=O.[CH3-].[Cl][Ru]([Cl])[Cl].[I][V][I].[Na+].[O-][I+3]([O-])([O-])[O-]. The van der Waals surface area contributed by atoms with Crippen LogP contribution >= 0.6 is 133 Å². The first-order valence-corrected chi connectivity index (χ1v) is 39.8. The van der Waals surface area contributed by atoms with Crippen LogP contribution < -0.4 is 85.1 Å². The Hall–Kier alpha value is 2.07. The summed E-state index contributed by atoms with van der Waals surface area (Å²) >= 11 is 10.6. The molecule has 0 fully saturated rings. The average molecular weight is 1660 g/mol. The molecule has 0 saturated heterocycles. The standard InChI is InChI=1S/C16H4Br2O4.C16H8Br2.4C2H6.CH4.CH3.3ClH.IO4.2HI.Na.Ru.V/c17-5-1-7-11-8(2-5)15(21)16(22)10-4-6(18)3-9(12(10)11)14(20)13(7)19;17-13-5-9-1-2-10-6-14(18)8-12-4-3-11(7-13)15(9)16(10)12;4*1-2;;;;;;2-1(3,4)5;;;;;/h1-4H;1-8H;4*1-2H3;1H4;1H3;3*1H;;2*1H;;;/q;;;;;;;-1;;;;-1;;;+1;+3;+2/p-5. The van der Waals surface area contributed by atoms with Gasteiger partial charge in [-0.3, -0.25) is 32.9 Å². The normalized spacial score (nSPS) is 9.83. The van der Waals surface area contributed by atoms with Gasteiger partial charge in [0.25, 0.3) is 0 Å². The minimum absolute atomic E-state index is 0. The summed E-state index contributed by atoms with van der Waals surface area (Å²) in [4.78, 5) is 49.3. The van der Waals surface area contributed by atoms with Crippen molar-refractivity contribution in [2.24, 2.45) is 0 Å². The average Bonchev–Trinajstić information content (AvgIpc) is 3.20. The molecule has 0 unspecified atom stereocenters. The van der Waals surface area contributed by atoms with Crippen LogP contribution in [-0.4, -0.2) is 0 Å². The second-order valence-electron chi connectivity index (χ2n) is 10.2. The fourth-order valence-corrected chi connectivity index (χ4v) is 7.62. The monoisotopic (exact) mass is 1650 g/mol. The zero-order valence-electron chi connectivity index (χ0n) is 34.8. The molecule has 63 heavy (non-hydrogen) atoms. The summed E-state index contributed by atoms with van der Waals surface area (Å²) in [6, 6.07) is 23.6. The molecule has 0 saturated carbocycles. The molecular formula is C42H43Br4Cl3I3NaO8RuV-. The van der Waals surface area contributed by atoms with Crippen molar-refractivity contribution in [2.75, 3.05) is 0 Å². The van der Waals surface area contributed by atoms with E-state index in [4.69, 9.17) is 42.8 Å². The van der Waals surface area contributed by atoms with Crippen molar-refractivity contribution < 1.29 is 85.8 Å². The van der Waals surface area contributed by atoms with Crippen LogP contribution in [0.3, 0.4) is 0 Å². The molecule has 6 aromatic carbocycles. The third-order valence-electron chi connectivity index (χ3n) is 7.31. The van der Waals surface area contributed by atoms with Gasteiger partial charge in [0.05, 0.1) is 0 Å². The van der Waals surface area contributed by atoms with E-state index in [1.54, 1.807) is 0 Å². The number of halogens is 10. The summed E-state index contributed by atoms with van der Waals surface area (Å²) in [5.41, 5.74) is -1.91. The van der Waals surface area contributed by atoms with E-state index in [1.165, 1.54) is 56.6 Å². The summed E-state index contributed by atoms with van der Waals surface area (Å²) in [5.74, 6) is 0. The fraction of sp³-hybridized carbons (Fsp3) is 0.214. The summed E-state index contributed by atoms with van der Waals surface area (Å²) in [6.45, 7) is 16.0. The minimum Gasteiger partial charge on any atom is -0.286 e. The molecule has 8 nitrogen and oxygen atoms in total. The number of benzene rings is 8. The summed E-state index contributed by atoms with van der Waals surface area (Å²) in [7, 11) is 15.5. The first-order valence-electron chi connectivity index (χ1n) is 17.4. The third-order valence-corrected chi connectivity index (χ3v) is 9.14. The zero-order valence-corrected chi connectivity index (χ0v) is 55.0. The number of hydrogen-bond acceptors (Lipinski definition) is 8. The van der Waals surface area contributed by atoms with E-state index in [1.807, 2.05) is 55.4 Å². The second kappa shape index (κ2) is 36.1. The van der Waals surface area contributed by atoms with Gasteiger partial charge in [0, 0.05) is 50.6 Å². The van der Waals surface area contributed by atoms with E-state index in [-0.39, 0.29) is 66.0 Å². The maximum absolute atomic E-state index is 12.3. The van der Waals surface area contributed by atoms with Gasteiger partial charge in [0.2, 0.25) is 21.7 Å². The molecule has 0 radical (unpaired) electrons. The van der Waals surface area contributed by atoms with Crippen molar-refractivity contribution in [3.8, 4) is 11.1 Å². The van der Waals surface area contributed by atoms with Crippen LogP contribution in [0.2, 0.25) is 0 Å². The van der Waals surface area contributed by atoms with Crippen molar-refractivity contribution in [3.05, 3.63) is 139 Å². The van der Waals surface area contributed by atoms with E-state index in [0.29, 0.717) is 29.5 Å². The van der Waals surface area contributed by atoms with E-state index in [2.05, 4.69) is 152 Å². The Morgan fingerprint density at radius 1 is 0.492 bits per heavy atom. The van der Waals surface area contributed by atoms with Crippen molar-refractivity contribution in [1.29, 1.82) is 0 Å². The molecule has 344 valence electrons. The Morgan fingerprint density at radius 3 is 0.794 bits per heavy atom. The van der Waals surface area contributed by atoms with Gasteiger partial charge in [-0.15, -0.1) is 0 Å². The van der Waals surface area contributed by atoms with E-state index >= 15 is 0 Å². The second-order valence-corrected chi connectivity index (χ2v) is 35.8. The van der Waals surface area contributed by atoms with Crippen molar-refractivity contribution in [1.82, 2.24) is 0 Å². The fourth-order valence-electron chi connectivity index (χ4n) is 5.72. The Kier molecular flexibility index (Phi) is 41.0. The summed E-state index contributed by atoms with van der Waals surface area (Å²) in [6.07, 6.45) is 0. The molecule has 0 atom stereocenters. The van der Waals surface area contributed by atoms with Gasteiger partial charge in [-0.1, -0.05) is 151 Å². The Morgan fingerprint density at radius 2 is 0.635 bits per heavy atom. The van der Waals surface area contributed by atoms with Gasteiger partial charge in [0.1, 0.15) is 20.1 Å². The Balaban J connectivity index is -0.000000382. The quantitative estimate of drug-likeness (QED) is 0.0530. The van der Waals surface area contributed by atoms with E-state index in [0.717, 1.165) is 8.95 Å². The van der Waals surface area contributed by atoms with Crippen molar-refractivity contribution in [2.45, 2.75) is 62.8 Å². The van der Waals surface area contributed by atoms with Crippen LogP contribution in [0.25, 0.3) is 65.0 Å². The smallest absolute Gasteiger partial charge is 0.286 e. The topological polar surface area (TPSA) is 161 Å². The first-order chi connectivity index (χ1) is 28.3. The maximum atomic E-state index is 12.3. The third kappa shape index (κ3) is 21.1. The molecule has 8 rings (SSSR count). The first kappa shape index (κ1) is 71.6. The molecule has 0 heterocycles. The van der Waals surface area contributed by atoms with Gasteiger partial charge in [-0.25, -0.2) is 0 Å². The molecule has 0 bridgehead atoms. The molecule has 0 aliphatic heterocycles. The van der Waals surface area contributed by atoms with Crippen LogP contribution in [-0.2, 0) is 22.4 Å². The largest absolute Gasteiger partial charge is 1.00 e. The molecule has 0 spiro atoms. The Labute approximate surface area is 477 Å². The molecule has 2 aliphatic rings. The number of rotatable bonds is 0. The predicted molar refractivity (Wildman–Crippen MR) is 282 cm³/mol. The maximum Gasteiger partial charge on any atom is 1.00 e. The molecule has 0 amide bonds. The minimum atomic E-state index is -5.94. The number of hydrogen-bond donors (Lipinski definition) is 0. The Bertz CT molecular complexity index is 2410. The molecule has 6 aromatic rings. The van der Waals surface area contributed by atoms with Crippen molar-refractivity contribution in [3.63, 3.8) is 0 Å². The van der Waals surface area contributed by atoms with Gasteiger partial charge in [-0.2, -0.15) is 0 Å². The van der Waals surface area contributed by atoms with Crippen LogP contribution in [0.5, 0.6) is 0 Å². The van der Waals surface area contributed by atoms with Gasteiger partial charge >= 0.3 is 121 Å². The predicted octanol–water partition coefficient (Wildman–Crippen LogP) is 6.76. The van der Waals surface area contributed by atoms with E-state index in [9.17, 15) is 19.2 Å².